The molecular formula is C12H8F3NO3. The van der Waals surface area contributed by atoms with Crippen molar-refractivity contribution in [1.82, 2.24) is 4.98 Å². The normalized spacial score (nSPS) is 11.3. The molecule has 1 aromatic carbocycles. The van der Waals surface area contributed by atoms with E-state index < -0.39 is 17.7 Å². The fourth-order valence-corrected chi connectivity index (χ4v) is 1.45. The number of aromatic amines is 1. The lowest BCUT2D eigenvalue weighted by atomic mass is 10.2. The highest BCUT2D eigenvalue weighted by atomic mass is 19.4. The van der Waals surface area contributed by atoms with Gasteiger partial charge in [-0.3, -0.25) is 0 Å². The average Bonchev–Trinajstić information content (AvgIpc) is 2.77. The van der Waals surface area contributed by atoms with Crippen LogP contribution in [0, 0.1) is 0 Å². The maximum Gasteiger partial charge on any atom is 0.416 e. The molecule has 0 saturated carbocycles. The van der Waals surface area contributed by atoms with Crippen molar-refractivity contribution in [3.05, 3.63) is 47.8 Å². The van der Waals surface area contributed by atoms with Gasteiger partial charge >= 0.3 is 12.1 Å². The Morgan fingerprint density at radius 3 is 2.32 bits per heavy atom. The molecule has 0 spiro atoms. The number of hydrogen-bond donors (Lipinski definition) is 2. The van der Waals surface area contributed by atoms with Crippen molar-refractivity contribution in [3.8, 4) is 11.5 Å². The molecule has 4 nitrogen and oxygen atoms in total. The molecule has 0 amide bonds. The number of aromatic nitrogens is 1. The van der Waals surface area contributed by atoms with Crippen molar-refractivity contribution < 1.29 is 27.8 Å². The Balaban J connectivity index is 2.20. The Kier molecular flexibility index (Phi) is 3.20. The molecule has 7 heteroatoms. The van der Waals surface area contributed by atoms with Crippen LogP contribution in [0.25, 0.3) is 0 Å². The molecule has 2 rings (SSSR count). The standard InChI is InChI=1S/C12H8F3NO3/c13-12(14,15)7-1-3-8(4-2-7)19-9-5-6-16-10(9)11(17)18/h1-6,16H,(H,17,18). The van der Waals surface area contributed by atoms with Gasteiger partial charge in [-0.05, 0) is 30.3 Å². The van der Waals surface area contributed by atoms with E-state index in [0.29, 0.717) is 0 Å². The first-order valence-electron chi connectivity index (χ1n) is 5.13. The third-order valence-electron chi connectivity index (χ3n) is 2.33. The van der Waals surface area contributed by atoms with E-state index in [1.165, 1.54) is 12.3 Å². The Bertz CT molecular complexity index is 587. The third kappa shape index (κ3) is 2.87. The molecule has 0 aliphatic rings. The minimum Gasteiger partial charge on any atom is -0.476 e. The van der Waals surface area contributed by atoms with E-state index >= 15 is 0 Å². The fraction of sp³-hybridized carbons (Fsp3) is 0.0833. The van der Waals surface area contributed by atoms with Gasteiger partial charge < -0.3 is 14.8 Å². The first kappa shape index (κ1) is 13.0. The Morgan fingerprint density at radius 2 is 1.79 bits per heavy atom. The molecule has 0 atom stereocenters. The van der Waals surface area contributed by atoms with Crippen molar-refractivity contribution in [2.24, 2.45) is 0 Å². The van der Waals surface area contributed by atoms with E-state index in [0.717, 1.165) is 24.3 Å². The van der Waals surface area contributed by atoms with E-state index in [9.17, 15) is 18.0 Å². The largest absolute Gasteiger partial charge is 0.476 e. The molecule has 0 saturated heterocycles. The van der Waals surface area contributed by atoms with Crippen molar-refractivity contribution >= 4 is 5.97 Å². The highest BCUT2D eigenvalue weighted by molar-refractivity contribution is 5.88. The molecule has 100 valence electrons. The lowest BCUT2D eigenvalue weighted by Crippen LogP contribution is -2.04. The van der Waals surface area contributed by atoms with Gasteiger partial charge in [0.2, 0.25) is 0 Å². The SMILES string of the molecule is O=C(O)c1[nH]ccc1Oc1ccc(C(F)(F)F)cc1. The highest BCUT2D eigenvalue weighted by Gasteiger charge is 2.30. The minimum atomic E-state index is -4.42. The van der Waals surface area contributed by atoms with E-state index in [2.05, 4.69) is 4.98 Å². The number of hydrogen-bond acceptors (Lipinski definition) is 2. The Labute approximate surface area is 105 Å². The number of alkyl halides is 3. The molecular weight excluding hydrogens is 263 g/mol. The predicted octanol–water partition coefficient (Wildman–Crippen LogP) is 3.52. The number of H-pyrrole nitrogens is 1. The molecule has 0 radical (unpaired) electrons. The van der Waals surface area contributed by atoms with Crippen LogP contribution in [-0.2, 0) is 6.18 Å². The van der Waals surface area contributed by atoms with Crippen molar-refractivity contribution in [3.63, 3.8) is 0 Å². The van der Waals surface area contributed by atoms with Crippen LogP contribution in [0.4, 0.5) is 13.2 Å². The second-order valence-corrected chi connectivity index (χ2v) is 3.65. The third-order valence-corrected chi connectivity index (χ3v) is 2.33. The lowest BCUT2D eigenvalue weighted by Gasteiger charge is -2.08. The quantitative estimate of drug-likeness (QED) is 0.897. The van der Waals surface area contributed by atoms with E-state index in [1.807, 2.05) is 0 Å². The van der Waals surface area contributed by atoms with Crippen LogP contribution in [0.15, 0.2) is 36.5 Å². The number of ether oxygens (including phenoxy) is 1. The van der Waals surface area contributed by atoms with Crippen LogP contribution in [0.2, 0.25) is 0 Å². The number of carbonyl (C=O) groups is 1. The topological polar surface area (TPSA) is 62.3 Å². The summed E-state index contributed by atoms with van der Waals surface area (Å²) in [6.45, 7) is 0. The van der Waals surface area contributed by atoms with Crippen molar-refractivity contribution in [2.75, 3.05) is 0 Å². The highest BCUT2D eigenvalue weighted by Crippen LogP contribution is 2.31. The van der Waals surface area contributed by atoms with Gasteiger partial charge in [-0.2, -0.15) is 13.2 Å². The number of nitrogens with one attached hydrogen (secondary N) is 1. The van der Waals surface area contributed by atoms with E-state index in [-0.39, 0.29) is 17.2 Å². The summed E-state index contributed by atoms with van der Waals surface area (Å²) in [5.41, 5.74) is -0.965. The summed E-state index contributed by atoms with van der Waals surface area (Å²) in [5.74, 6) is -1.06. The second-order valence-electron chi connectivity index (χ2n) is 3.65. The smallest absolute Gasteiger partial charge is 0.416 e. The van der Waals surface area contributed by atoms with Gasteiger partial charge in [-0.1, -0.05) is 0 Å². The average molecular weight is 271 g/mol. The monoisotopic (exact) mass is 271 g/mol. The zero-order valence-corrected chi connectivity index (χ0v) is 9.36. The second kappa shape index (κ2) is 4.68. The van der Waals surface area contributed by atoms with Gasteiger partial charge in [0.1, 0.15) is 5.75 Å². The number of halogens is 3. The maximum atomic E-state index is 12.3. The number of benzene rings is 1. The van der Waals surface area contributed by atoms with Gasteiger partial charge in [0.05, 0.1) is 5.56 Å². The van der Waals surface area contributed by atoms with Crippen molar-refractivity contribution in [1.29, 1.82) is 0 Å². The van der Waals surface area contributed by atoms with Gasteiger partial charge in [-0.15, -0.1) is 0 Å². The molecule has 1 heterocycles. The lowest BCUT2D eigenvalue weighted by molar-refractivity contribution is -0.137. The summed E-state index contributed by atoms with van der Waals surface area (Å²) in [6, 6.07) is 5.36. The number of aromatic carboxylic acids is 1. The predicted molar refractivity (Wildman–Crippen MR) is 59.3 cm³/mol. The summed E-state index contributed by atoms with van der Waals surface area (Å²) in [4.78, 5) is 13.3. The first-order valence-corrected chi connectivity index (χ1v) is 5.13. The Morgan fingerprint density at radius 1 is 1.16 bits per heavy atom. The van der Waals surface area contributed by atoms with Crippen LogP contribution in [0.3, 0.4) is 0 Å². The summed E-state index contributed by atoms with van der Waals surface area (Å²) in [6.07, 6.45) is -3.05. The van der Waals surface area contributed by atoms with Gasteiger partial charge in [0.25, 0.3) is 0 Å². The minimum absolute atomic E-state index is 0.0345. The number of rotatable bonds is 3. The summed E-state index contributed by atoms with van der Waals surface area (Å²) >= 11 is 0. The molecule has 0 bridgehead atoms. The van der Waals surface area contributed by atoms with Crippen LogP contribution in [0.5, 0.6) is 11.5 Å². The van der Waals surface area contributed by atoms with Crippen LogP contribution in [0.1, 0.15) is 16.1 Å². The summed E-state index contributed by atoms with van der Waals surface area (Å²) in [7, 11) is 0. The van der Waals surface area contributed by atoms with Crippen molar-refractivity contribution in [2.45, 2.75) is 6.18 Å². The molecule has 2 aromatic rings. The first-order chi connectivity index (χ1) is 8.88. The zero-order chi connectivity index (χ0) is 14.0. The maximum absolute atomic E-state index is 12.3. The van der Waals surface area contributed by atoms with Gasteiger partial charge in [-0.25, -0.2) is 4.79 Å². The fourth-order valence-electron chi connectivity index (χ4n) is 1.45. The number of carboxylic acid groups (broad SMARTS) is 1. The van der Waals surface area contributed by atoms with Crippen LogP contribution < -0.4 is 4.74 Å². The molecule has 0 aliphatic heterocycles. The summed E-state index contributed by atoms with van der Waals surface area (Å²) in [5, 5.41) is 8.82. The van der Waals surface area contributed by atoms with Gasteiger partial charge in [0, 0.05) is 6.20 Å². The van der Waals surface area contributed by atoms with E-state index in [1.54, 1.807) is 0 Å². The zero-order valence-electron chi connectivity index (χ0n) is 9.36. The molecule has 0 aliphatic carbocycles. The molecule has 19 heavy (non-hydrogen) atoms. The van der Waals surface area contributed by atoms with Crippen LogP contribution >= 0.6 is 0 Å². The molecule has 0 fully saturated rings. The molecule has 0 unspecified atom stereocenters. The molecule has 2 N–H and O–H groups in total. The van der Waals surface area contributed by atoms with E-state index in [4.69, 9.17) is 9.84 Å². The van der Waals surface area contributed by atoms with Gasteiger partial charge in [0.15, 0.2) is 11.4 Å². The summed E-state index contributed by atoms with van der Waals surface area (Å²) < 4.78 is 42.2. The molecule has 1 aromatic heterocycles. The number of carboxylic acids is 1. The Hall–Kier alpha value is -2.44. The van der Waals surface area contributed by atoms with Crippen LogP contribution in [-0.4, -0.2) is 16.1 Å².